The number of hydrogen-bond acceptors (Lipinski definition) is 5. The van der Waals surface area contributed by atoms with E-state index in [9.17, 15) is 4.79 Å². The van der Waals surface area contributed by atoms with Crippen molar-refractivity contribution in [2.75, 3.05) is 18.5 Å². The summed E-state index contributed by atoms with van der Waals surface area (Å²) in [6.45, 7) is 1.15. The van der Waals surface area contributed by atoms with Gasteiger partial charge < -0.3 is 19.5 Å². The van der Waals surface area contributed by atoms with Gasteiger partial charge in [-0.25, -0.2) is 0 Å². The van der Waals surface area contributed by atoms with Crippen LogP contribution in [-0.2, 0) is 6.61 Å². The van der Waals surface area contributed by atoms with Crippen LogP contribution in [0.25, 0.3) is 10.9 Å². The lowest BCUT2D eigenvalue weighted by atomic mass is 10.2. The molecule has 0 unspecified atom stereocenters. The van der Waals surface area contributed by atoms with Gasteiger partial charge in [0.1, 0.15) is 42.6 Å². The molecule has 1 aromatic heterocycles. The molecule has 0 fully saturated rings. The van der Waals surface area contributed by atoms with Crippen molar-refractivity contribution in [2.45, 2.75) is 6.61 Å². The van der Waals surface area contributed by atoms with Gasteiger partial charge in [-0.15, -0.1) is 0 Å². The first-order valence-electron chi connectivity index (χ1n) is 12.0. The highest BCUT2D eigenvalue weighted by atomic mass is 16.5. The SMILES string of the molecule is O=C(Nc1ccccc1OCc1ccccc1)c1ccc(OCCOc2cccc3cccnc23)cc1. The minimum Gasteiger partial charge on any atom is -0.490 e. The Hall–Kier alpha value is -4.84. The number of carbonyl (C=O) groups excluding carboxylic acids is 1. The lowest BCUT2D eigenvalue weighted by Gasteiger charge is -2.13. The average molecular weight is 491 g/mol. The van der Waals surface area contributed by atoms with Crippen LogP contribution >= 0.6 is 0 Å². The summed E-state index contributed by atoms with van der Waals surface area (Å²) in [6, 6.07) is 34.0. The van der Waals surface area contributed by atoms with Crippen molar-refractivity contribution in [3.8, 4) is 17.2 Å². The zero-order valence-electron chi connectivity index (χ0n) is 20.2. The van der Waals surface area contributed by atoms with E-state index >= 15 is 0 Å². The fourth-order valence-corrected chi connectivity index (χ4v) is 3.83. The highest BCUT2D eigenvalue weighted by Gasteiger charge is 2.11. The summed E-state index contributed by atoms with van der Waals surface area (Å²) >= 11 is 0. The van der Waals surface area contributed by atoms with Crippen LogP contribution in [0.15, 0.2) is 115 Å². The summed E-state index contributed by atoms with van der Waals surface area (Å²) in [6.07, 6.45) is 1.75. The highest BCUT2D eigenvalue weighted by molar-refractivity contribution is 6.05. The molecule has 1 amide bonds. The van der Waals surface area contributed by atoms with Gasteiger partial charge in [-0.3, -0.25) is 9.78 Å². The molecule has 4 aromatic carbocycles. The molecule has 0 saturated carbocycles. The van der Waals surface area contributed by atoms with Crippen LogP contribution in [0.4, 0.5) is 5.69 Å². The van der Waals surface area contributed by atoms with E-state index in [4.69, 9.17) is 14.2 Å². The van der Waals surface area contributed by atoms with Crippen LogP contribution < -0.4 is 19.5 Å². The smallest absolute Gasteiger partial charge is 0.255 e. The minimum atomic E-state index is -0.228. The average Bonchev–Trinajstić information content (AvgIpc) is 2.96. The van der Waals surface area contributed by atoms with Gasteiger partial charge in [0.05, 0.1) is 5.69 Å². The number of ether oxygens (including phenoxy) is 3. The van der Waals surface area contributed by atoms with E-state index in [-0.39, 0.29) is 5.91 Å². The third-order valence-corrected chi connectivity index (χ3v) is 5.69. The van der Waals surface area contributed by atoms with Gasteiger partial charge in [0, 0.05) is 17.1 Å². The topological polar surface area (TPSA) is 69.7 Å². The van der Waals surface area contributed by atoms with Crippen LogP contribution in [0.3, 0.4) is 0 Å². The Labute approximate surface area is 215 Å². The monoisotopic (exact) mass is 490 g/mol. The lowest BCUT2D eigenvalue weighted by Crippen LogP contribution is -2.13. The van der Waals surface area contributed by atoms with Gasteiger partial charge in [0.25, 0.3) is 5.91 Å². The fourth-order valence-electron chi connectivity index (χ4n) is 3.83. The van der Waals surface area contributed by atoms with Crippen molar-refractivity contribution in [1.82, 2.24) is 4.98 Å². The third kappa shape index (κ3) is 6.24. The second-order valence-electron chi connectivity index (χ2n) is 8.28. The number of amides is 1. The van der Waals surface area contributed by atoms with Crippen LogP contribution in [0.2, 0.25) is 0 Å². The Balaban J connectivity index is 1.13. The normalized spacial score (nSPS) is 10.6. The Morgan fingerprint density at radius 3 is 2.27 bits per heavy atom. The fraction of sp³-hybridized carbons (Fsp3) is 0.0968. The number of rotatable bonds is 10. The number of pyridine rings is 1. The number of hydrogen-bond donors (Lipinski definition) is 1. The van der Waals surface area contributed by atoms with Crippen molar-refractivity contribution < 1.29 is 19.0 Å². The predicted molar refractivity (Wildman–Crippen MR) is 144 cm³/mol. The van der Waals surface area contributed by atoms with Crippen molar-refractivity contribution in [3.05, 3.63) is 127 Å². The van der Waals surface area contributed by atoms with E-state index < -0.39 is 0 Å². The van der Waals surface area contributed by atoms with E-state index in [1.54, 1.807) is 30.5 Å². The molecule has 0 aliphatic rings. The molecule has 0 aliphatic heterocycles. The maximum absolute atomic E-state index is 12.8. The first-order chi connectivity index (χ1) is 18.3. The van der Waals surface area contributed by atoms with Crippen LogP contribution in [0.5, 0.6) is 17.2 Å². The second kappa shape index (κ2) is 11.7. The number of para-hydroxylation sites is 3. The first kappa shape index (κ1) is 23.9. The van der Waals surface area contributed by atoms with Crippen LogP contribution in [0.1, 0.15) is 15.9 Å². The van der Waals surface area contributed by atoms with Crippen molar-refractivity contribution in [2.24, 2.45) is 0 Å². The van der Waals surface area contributed by atoms with Gasteiger partial charge in [-0.1, -0.05) is 60.7 Å². The number of fused-ring (bicyclic) bond motifs is 1. The van der Waals surface area contributed by atoms with E-state index in [1.165, 1.54) is 0 Å². The molecule has 0 aliphatic carbocycles. The quantitative estimate of drug-likeness (QED) is 0.226. The summed E-state index contributed by atoms with van der Waals surface area (Å²) in [5.74, 6) is 1.76. The minimum absolute atomic E-state index is 0.228. The third-order valence-electron chi connectivity index (χ3n) is 5.69. The molecule has 6 heteroatoms. The standard InChI is InChI=1S/C31H26N2O4/c34-31(33-27-12-4-5-13-28(27)37-22-23-8-2-1-3-9-23)25-15-17-26(18-16-25)35-20-21-36-29-14-6-10-24-11-7-19-32-30(24)29/h1-19H,20-22H2,(H,33,34). The number of nitrogens with zero attached hydrogens (tertiary/aromatic N) is 1. The summed E-state index contributed by atoms with van der Waals surface area (Å²) in [5.41, 5.74) is 3.01. The molecule has 5 rings (SSSR count). The number of nitrogens with one attached hydrogen (secondary N) is 1. The molecule has 6 nitrogen and oxygen atoms in total. The number of carbonyl (C=O) groups is 1. The lowest BCUT2D eigenvalue weighted by molar-refractivity contribution is 0.102. The molecule has 5 aromatic rings. The highest BCUT2D eigenvalue weighted by Crippen LogP contribution is 2.26. The summed E-state index contributed by atoms with van der Waals surface area (Å²) in [5, 5.41) is 3.96. The molecule has 0 atom stereocenters. The summed E-state index contributed by atoms with van der Waals surface area (Å²) in [7, 11) is 0. The number of aromatic nitrogens is 1. The van der Waals surface area contributed by atoms with E-state index in [2.05, 4.69) is 10.3 Å². The number of anilines is 1. The van der Waals surface area contributed by atoms with Gasteiger partial charge >= 0.3 is 0 Å². The molecule has 0 saturated heterocycles. The molecule has 0 bridgehead atoms. The Bertz CT molecular complexity index is 1460. The largest absolute Gasteiger partial charge is 0.490 e. The zero-order chi connectivity index (χ0) is 25.3. The van der Waals surface area contributed by atoms with Gasteiger partial charge in [0.15, 0.2) is 0 Å². The molecule has 0 spiro atoms. The van der Waals surface area contributed by atoms with E-state index in [0.29, 0.717) is 42.6 Å². The second-order valence-corrected chi connectivity index (χ2v) is 8.28. The van der Waals surface area contributed by atoms with Gasteiger partial charge in [-0.05, 0) is 54.1 Å². The van der Waals surface area contributed by atoms with E-state index in [1.807, 2.05) is 84.9 Å². The Kier molecular flexibility index (Phi) is 7.57. The zero-order valence-corrected chi connectivity index (χ0v) is 20.2. The Morgan fingerprint density at radius 2 is 1.41 bits per heavy atom. The molecular weight excluding hydrogens is 464 g/mol. The van der Waals surface area contributed by atoms with Crippen LogP contribution in [-0.4, -0.2) is 24.1 Å². The Morgan fingerprint density at radius 1 is 0.676 bits per heavy atom. The maximum atomic E-state index is 12.8. The maximum Gasteiger partial charge on any atom is 0.255 e. The predicted octanol–water partition coefficient (Wildman–Crippen LogP) is 6.52. The molecule has 1 heterocycles. The van der Waals surface area contributed by atoms with Crippen molar-refractivity contribution in [3.63, 3.8) is 0 Å². The van der Waals surface area contributed by atoms with Crippen molar-refractivity contribution in [1.29, 1.82) is 0 Å². The van der Waals surface area contributed by atoms with Crippen molar-refractivity contribution >= 4 is 22.5 Å². The summed E-state index contributed by atoms with van der Waals surface area (Å²) < 4.78 is 17.6. The molecule has 0 radical (unpaired) electrons. The molecule has 184 valence electrons. The molecule has 37 heavy (non-hydrogen) atoms. The van der Waals surface area contributed by atoms with Gasteiger partial charge in [0.2, 0.25) is 0 Å². The summed E-state index contributed by atoms with van der Waals surface area (Å²) in [4.78, 5) is 17.2. The van der Waals surface area contributed by atoms with Gasteiger partial charge in [-0.2, -0.15) is 0 Å². The van der Waals surface area contributed by atoms with E-state index in [0.717, 1.165) is 22.2 Å². The number of benzene rings is 4. The molecular formula is C31H26N2O4. The first-order valence-corrected chi connectivity index (χ1v) is 12.0. The van der Waals surface area contributed by atoms with Crippen LogP contribution in [0, 0.1) is 0 Å². The molecule has 1 N–H and O–H groups in total.